The van der Waals surface area contributed by atoms with Gasteiger partial charge in [-0.05, 0) is 34.5 Å². The molecule has 0 aliphatic carbocycles. The second-order valence-corrected chi connectivity index (χ2v) is 4.58. The van der Waals surface area contributed by atoms with Gasteiger partial charge in [-0.3, -0.25) is 4.79 Å². The van der Waals surface area contributed by atoms with Crippen LogP contribution < -0.4 is 15.8 Å². The van der Waals surface area contributed by atoms with Gasteiger partial charge in [0, 0.05) is 10.5 Å². The number of anilines is 1. The smallest absolute Gasteiger partial charge is 0.241 e. The molecule has 1 rings (SSSR count). The molecule has 1 aromatic rings. The zero-order chi connectivity index (χ0) is 12.8. The van der Waals surface area contributed by atoms with Crippen LogP contribution >= 0.6 is 15.9 Å². The third-order valence-corrected chi connectivity index (χ3v) is 3.06. The predicted molar refractivity (Wildman–Crippen MR) is 72.2 cm³/mol. The highest BCUT2D eigenvalue weighted by atomic mass is 79.9. The fourth-order valence-electron chi connectivity index (χ4n) is 1.39. The fraction of sp³-hybridized carbons (Fsp3) is 0.417. The van der Waals surface area contributed by atoms with E-state index in [-0.39, 0.29) is 5.91 Å². The minimum absolute atomic E-state index is 0.180. The predicted octanol–water partition coefficient (Wildman–Crippen LogP) is 2.52. The first-order valence-electron chi connectivity index (χ1n) is 5.48. The molecule has 0 saturated heterocycles. The number of benzene rings is 1. The second-order valence-electron chi connectivity index (χ2n) is 3.73. The summed E-state index contributed by atoms with van der Waals surface area (Å²) in [6, 6.07) is 4.91. The molecular formula is C12H17BrN2O2. The van der Waals surface area contributed by atoms with Crippen molar-refractivity contribution in [1.82, 2.24) is 0 Å². The number of hydrogen-bond donors (Lipinski definition) is 2. The second kappa shape index (κ2) is 6.61. The third-order valence-electron chi connectivity index (χ3n) is 2.37. The van der Waals surface area contributed by atoms with Crippen molar-refractivity contribution < 1.29 is 9.53 Å². The van der Waals surface area contributed by atoms with E-state index in [1.54, 1.807) is 13.2 Å². The summed E-state index contributed by atoms with van der Waals surface area (Å²) in [5.41, 5.74) is 6.41. The van der Waals surface area contributed by atoms with Gasteiger partial charge in [-0.15, -0.1) is 0 Å². The average Bonchev–Trinajstić information content (AvgIpc) is 2.32. The number of rotatable bonds is 5. The van der Waals surface area contributed by atoms with E-state index in [2.05, 4.69) is 21.2 Å². The van der Waals surface area contributed by atoms with Crippen LogP contribution in [-0.4, -0.2) is 19.1 Å². The Morgan fingerprint density at radius 3 is 2.88 bits per heavy atom. The van der Waals surface area contributed by atoms with Crippen LogP contribution in [-0.2, 0) is 4.79 Å². The molecule has 0 fully saturated rings. The van der Waals surface area contributed by atoms with Crippen LogP contribution in [0.25, 0.3) is 0 Å². The molecule has 5 heteroatoms. The van der Waals surface area contributed by atoms with Crippen molar-refractivity contribution in [2.24, 2.45) is 5.73 Å². The molecule has 94 valence electrons. The molecular weight excluding hydrogens is 284 g/mol. The van der Waals surface area contributed by atoms with Gasteiger partial charge in [0.1, 0.15) is 5.75 Å². The van der Waals surface area contributed by atoms with Crippen molar-refractivity contribution in [3.8, 4) is 5.75 Å². The van der Waals surface area contributed by atoms with E-state index >= 15 is 0 Å². The molecule has 0 radical (unpaired) electrons. The van der Waals surface area contributed by atoms with Crippen molar-refractivity contribution in [2.75, 3.05) is 12.4 Å². The lowest BCUT2D eigenvalue weighted by atomic mass is 10.1. The van der Waals surface area contributed by atoms with Crippen LogP contribution in [0, 0.1) is 0 Å². The van der Waals surface area contributed by atoms with Crippen molar-refractivity contribution in [3.05, 3.63) is 22.7 Å². The Labute approximate surface area is 110 Å². The van der Waals surface area contributed by atoms with Crippen molar-refractivity contribution in [2.45, 2.75) is 25.8 Å². The van der Waals surface area contributed by atoms with Crippen molar-refractivity contribution >= 4 is 27.5 Å². The van der Waals surface area contributed by atoms with E-state index in [0.29, 0.717) is 17.9 Å². The van der Waals surface area contributed by atoms with Gasteiger partial charge in [-0.25, -0.2) is 0 Å². The minimum atomic E-state index is -0.474. The maximum atomic E-state index is 11.8. The summed E-state index contributed by atoms with van der Waals surface area (Å²) in [7, 11) is 1.58. The molecule has 0 saturated carbocycles. The number of carbonyl (C=O) groups excluding carboxylic acids is 1. The minimum Gasteiger partial charge on any atom is -0.497 e. The number of methoxy groups -OCH3 is 1. The van der Waals surface area contributed by atoms with Gasteiger partial charge in [-0.2, -0.15) is 0 Å². The monoisotopic (exact) mass is 300 g/mol. The zero-order valence-electron chi connectivity index (χ0n) is 10.00. The summed E-state index contributed by atoms with van der Waals surface area (Å²) >= 11 is 3.37. The van der Waals surface area contributed by atoms with E-state index in [1.165, 1.54) is 0 Å². The van der Waals surface area contributed by atoms with Crippen LogP contribution in [0.3, 0.4) is 0 Å². The van der Waals surface area contributed by atoms with Crippen LogP contribution in [0.4, 0.5) is 5.69 Å². The van der Waals surface area contributed by atoms with Gasteiger partial charge in [0.05, 0.1) is 18.8 Å². The van der Waals surface area contributed by atoms with Crippen LogP contribution in [0.2, 0.25) is 0 Å². The molecule has 4 nitrogen and oxygen atoms in total. The highest BCUT2D eigenvalue weighted by molar-refractivity contribution is 9.10. The number of nitrogens with one attached hydrogen (secondary N) is 1. The molecule has 0 aliphatic rings. The Kier molecular flexibility index (Phi) is 5.44. The van der Waals surface area contributed by atoms with Gasteiger partial charge in [0.2, 0.25) is 5.91 Å². The molecule has 3 N–H and O–H groups in total. The van der Waals surface area contributed by atoms with Gasteiger partial charge >= 0.3 is 0 Å². The lowest BCUT2D eigenvalue weighted by Crippen LogP contribution is -2.35. The van der Waals surface area contributed by atoms with E-state index in [9.17, 15) is 4.79 Å². The number of amides is 1. The summed E-state index contributed by atoms with van der Waals surface area (Å²) in [6.45, 7) is 1.99. The summed E-state index contributed by atoms with van der Waals surface area (Å²) in [6.07, 6.45) is 1.56. The lowest BCUT2D eigenvalue weighted by molar-refractivity contribution is -0.117. The Morgan fingerprint density at radius 2 is 2.29 bits per heavy atom. The molecule has 1 amide bonds. The maximum absolute atomic E-state index is 11.8. The molecule has 0 heterocycles. The van der Waals surface area contributed by atoms with E-state index in [0.717, 1.165) is 10.9 Å². The van der Waals surface area contributed by atoms with E-state index < -0.39 is 6.04 Å². The van der Waals surface area contributed by atoms with Crippen molar-refractivity contribution in [3.63, 3.8) is 0 Å². The molecule has 0 bridgehead atoms. The highest BCUT2D eigenvalue weighted by Crippen LogP contribution is 2.27. The van der Waals surface area contributed by atoms with E-state index in [1.807, 2.05) is 19.1 Å². The largest absolute Gasteiger partial charge is 0.497 e. The molecule has 0 spiro atoms. The first-order valence-corrected chi connectivity index (χ1v) is 6.27. The number of halogens is 1. The SMILES string of the molecule is CCCC(N)C(=O)Nc1cc(OC)ccc1Br. The van der Waals surface area contributed by atoms with Crippen LogP contribution in [0.15, 0.2) is 22.7 Å². The number of carbonyl (C=O) groups is 1. The summed E-state index contributed by atoms with van der Waals surface area (Å²) in [5, 5.41) is 2.78. The van der Waals surface area contributed by atoms with E-state index in [4.69, 9.17) is 10.5 Å². The third kappa shape index (κ3) is 4.02. The highest BCUT2D eigenvalue weighted by Gasteiger charge is 2.13. The zero-order valence-corrected chi connectivity index (χ0v) is 11.6. The molecule has 1 aromatic carbocycles. The molecule has 0 aromatic heterocycles. The molecule has 1 atom stereocenters. The van der Waals surface area contributed by atoms with Crippen LogP contribution in [0.1, 0.15) is 19.8 Å². The summed E-state index contributed by atoms with van der Waals surface area (Å²) in [4.78, 5) is 11.8. The number of ether oxygens (including phenoxy) is 1. The Balaban J connectivity index is 2.76. The molecule has 1 unspecified atom stereocenters. The van der Waals surface area contributed by atoms with Gasteiger partial charge in [0.25, 0.3) is 0 Å². The van der Waals surface area contributed by atoms with Gasteiger partial charge < -0.3 is 15.8 Å². The maximum Gasteiger partial charge on any atom is 0.241 e. The Bertz CT molecular complexity index is 396. The topological polar surface area (TPSA) is 64.4 Å². The number of hydrogen-bond acceptors (Lipinski definition) is 3. The first kappa shape index (κ1) is 14.0. The number of nitrogens with two attached hydrogens (primary N) is 1. The van der Waals surface area contributed by atoms with Crippen molar-refractivity contribution in [1.29, 1.82) is 0 Å². The first-order chi connectivity index (χ1) is 8.08. The Morgan fingerprint density at radius 1 is 1.59 bits per heavy atom. The quantitative estimate of drug-likeness (QED) is 0.878. The molecule has 0 aliphatic heterocycles. The molecule has 17 heavy (non-hydrogen) atoms. The fourth-order valence-corrected chi connectivity index (χ4v) is 1.74. The summed E-state index contributed by atoms with van der Waals surface area (Å²) < 4.78 is 5.90. The lowest BCUT2D eigenvalue weighted by Gasteiger charge is -2.13. The average molecular weight is 301 g/mol. The van der Waals surface area contributed by atoms with Gasteiger partial charge in [-0.1, -0.05) is 13.3 Å². The Hall–Kier alpha value is -1.07. The van der Waals surface area contributed by atoms with Crippen LogP contribution in [0.5, 0.6) is 5.75 Å². The van der Waals surface area contributed by atoms with Gasteiger partial charge in [0.15, 0.2) is 0 Å². The standard InChI is InChI=1S/C12H17BrN2O2/c1-3-4-10(14)12(16)15-11-7-8(17-2)5-6-9(11)13/h5-7,10H,3-4,14H2,1-2H3,(H,15,16). The normalized spacial score (nSPS) is 12.0. The summed E-state index contributed by atoms with van der Waals surface area (Å²) in [5.74, 6) is 0.508.